The first-order valence-corrected chi connectivity index (χ1v) is 11.9. The van der Waals surface area contributed by atoms with E-state index in [1.54, 1.807) is 43.6 Å². The van der Waals surface area contributed by atoms with Gasteiger partial charge in [0.05, 0.1) is 23.6 Å². The molecule has 5 rings (SSSR count). The molecule has 1 aliphatic rings. The van der Waals surface area contributed by atoms with Crippen LogP contribution in [0.5, 0.6) is 5.75 Å². The Morgan fingerprint density at radius 3 is 2.60 bits per heavy atom. The normalized spacial score (nSPS) is 14.4. The standard InChI is InChI=1S/C26H26ClN5O3/c1-35-20-7-5-19(6-8-20)31-15-13-30(14-16-31)12-10-28-25(33)21-3-2-11-32-24(21)29-23-9-4-18(27)17-22(23)26(32)34/h2-9,11,17H,10,12-16H2,1H3,(H,28,33). The number of methoxy groups -OCH3 is 1. The summed E-state index contributed by atoms with van der Waals surface area (Å²) in [6.07, 6.45) is 1.62. The summed E-state index contributed by atoms with van der Waals surface area (Å²) in [5.74, 6) is 0.604. The predicted molar refractivity (Wildman–Crippen MR) is 138 cm³/mol. The van der Waals surface area contributed by atoms with Crippen molar-refractivity contribution in [3.05, 3.63) is 81.7 Å². The Morgan fingerprint density at radius 1 is 1.09 bits per heavy atom. The van der Waals surface area contributed by atoms with Gasteiger partial charge in [0.25, 0.3) is 11.5 Å². The first-order chi connectivity index (χ1) is 17.0. The maximum absolute atomic E-state index is 13.0. The van der Waals surface area contributed by atoms with Gasteiger partial charge in [-0.2, -0.15) is 0 Å². The van der Waals surface area contributed by atoms with Crippen LogP contribution in [0.3, 0.4) is 0 Å². The number of ether oxygens (including phenoxy) is 1. The number of hydrogen-bond donors (Lipinski definition) is 1. The molecular weight excluding hydrogens is 466 g/mol. The summed E-state index contributed by atoms with van der Waals surface area (Å²) in [6.45, 7) is 4.95. The summed E-state index contributed by atoms with van der Waals surface area (Å²) < 4.78 is 6.63. The molecule has 8 nitrogen and oxygen atoms in total. The number of nitrogens with zero attached hydrogens (tertiary/aromatic N) is 4. The van der Waals surface area contributed by atoms with Gasteiger partial charge in [-0.25, -0.2) is 4.98 Å². The van der Waals surface area contributed by atoms with Crippen LogP contribution in [0.4, 0.5) is 5.69 Å². The Morgan fingerprint density at radius 2 is 1.86 bits per heavy atom. The zero-order valence-electron chi connectivity index (χ0n) is 19.4. The van der Waals surface area contributed by atoms with E-state index in [0.29, 0.717) is 33.7 Å². The van der Waals surface area contributed by atoms with Crippen LogP contribution in [0.15, 0.2) is 65.6 Å². The predicted octanol–water partition coefficient (Wildman–Crippen LogP) is 3.06. The average Bonchev–Trinajstić information content (AvgIpc) is 2.89. The molecule has 0 spiro atoms. The quantitative estimate of drug-likeness (QED) is 0.418. The van der Waals surface area contributed by atoms with Crippen LogP contribution >= 0.6 is 11.6 Å². The van der Waals surface area contributed by atoms with Gasteiger partial charge in [0.2, 0.25) is 0 Å². The summed E-state index contributed by atoms with van der Waals surface area (Å²) in [5.41, 5.74) is 2.14. The van der Waals surface area contributed by atoms with Crippen LogP contribution < -0.4 is 20.5 Å². The highest BCUT2D eigenvalue weighted by Crippen LogP contribution is 2.20. The zero-order chi connectivity index (χ0) is 24.4. The molecule has 3 heterocycles. The van der Waals surface area contributed by atoms with Gasteiger partial charge < -0.3 is 15.0 Å². The Hall–Kier alpha value is -3.62. The molecule has 180 valence electrons. The second-order valence-electron chi connectivity index (χ2n) is 8.48. The molecule has 1 amide bonds. The number of hydrogen-bond acceptors (Lipinski definition) is 6. The Balaban J connectivity index is 1.21. The fraction of sp³-hybridized carbons (Fsp3) is 0.269. The van der Waals surface area contributed by atoms with Crippen molar-refractivity contribution in [2.75, 3.05) is 51.3 Å². The highest BCUT2D eigenvalue weighted by molar-refractivity contribution is 6.31. The molecule has 0 bridgehead atoms. The number of benzene rings is 2. The average molecular weight is 492 g/mol. The van der Waals surface area contributed by atoms with E-state index in [0.717, 1.165) is 38.5 Å². The monoisotopic (exact) mass is 491 g/mol. The minimum Gasteiger partial charge on any atom is -0.497 e. The van der Waals surface area contributed by atoms with Gasteiger partial charge in [0.1, 0.15) is 5.75 Å². The maximum Gasteiger partial charge on any atom is 0.265 e. The number of fused-ring (bicyclic) bond motifs is 2. The molecular formula is C26H26ClN5O3. The summed E-state index contributed by atoms with van der Waals surface area (Å²) in [5, 5.41) is 3.87. The van der Waals surface area contributed by atoms with E-state index in [-0.39, 0.29) is 11.5 Å². The molecule has 2 aromatic heterocycles. The van der Waals surface area contributed by atoms with E-state index >= 15 is 0 Å². The molecule has 1 fully saturated rings. The third-order valence-corrected chi connectivity index (χ3v) is 6.60. The Bertz CT molecular complexity index is 1430. The zero-order valence-corrected chi connectivity index (χ0v) is 20.2. The molecule has 0 saturated carbocycles. The molecule has 0 unspecified atom stereocenters. The lowest BCUT2D eigenvalue weighted by Gasteiger charge is -2.36. The molecule has 35 heavy (non-hydrogen) atoms. The fourth-order valence-electron chi connectivity index (χ4n) is 4.42. The topological polar surface area (TPSA) is 79.2 Å². The number of piperazine rings is 1. The highest BCUT2D eigenvalue weighted by Gasteiger charge is 2.18. The first kappa shape index (κ1) is 23.1. The molecule has 0 atom stereocenters. The molecule has 0 aliphatic carbocycles. The lowest BCUT2D eigenvalue weighted by Crippen LogP contribution is -2.48. The van der Waals surface area contributed by atoms with E-state index in [2.05, 4.69) is 32.2 Å². The Labute approximate surface area is 207 Å². The molecule has 1 N–H and O–H groups in total. The van der Waals surface area contributed by atoms with E-state index < -0.39 is 0 Å². The van der Waals surface area contributed by atoms with Crippen LogP contribution in [0.2, 0.25) is 5.02 Å². The number of carbonyl (C=O) groups is 1. The van der Waals surface area contributed by atoms with Crippen molar-refractivity contribution in [1.82, 2.24) is 19.6 Å². The lowest BCUT2D eigenvalue weighted by atomic mass is 10.2. The molecule has 9 heteroatoms. The Kier molecular flexibility index (Phi) is 6.57. The summed E-state index contributed by atoms with van der Waals surface area (Å²) in [7, 11) is 1.67. The van der Waals surface area contributed by atoms with Gasteiger partial charge in [-0.15, -0.1) is 0 Å². The van der Waals surface area contributed by atoms with Crippen LogP contribution in [-0.4, -0.2) is 66.6 Å². The molecule has 1 saturated heterocycles. The van der Waals surface area contributed by atoms with E-state index in [1.165, 1.54) is 10.1 Å². The largest absolute Gasteiger partial charge is 0.497 e. The number of amides is 1. The van der Waals surface area contributed by atoms with Crippen molar-refractivity contribution in [3.63, 3.8) is 0 Å². The molecule has 4 aromatic rings. The van der Waals surface area contributed by atoms with Crippen molar-refractivity contribution in [1.29, 1.82) is 0 Å². The second kappa shape index (κ2) is 9.93. The smallest absolute Gasteiger partial charge is 0.265 e. The first-order valence-electron chi connectivity index (χ1n) is 11.5. The van der Waals surface area contributed by atoms with Gasteiger partial charge in [0, 0.05) is 56.2 Å². The van der Waals surface area contributed by atoms with E-state index in [9.17, 15) is 9.59 Å². The van der Waals surface area contributed by atoms with Gasteiger partial charge in [-0.1, -0.05) is 11.6 Å². The van der Waals surface area contributed by atoms with Crippen molar-refractivity contribution < 1.29 is 9.53 Å². The minimum absolute atomic E-state index is 0.250. The van der Waals surface area contributed by atoms with Gasteiger partial charge >= 0.3 is 0 Å². The maximum atomic E-state index is 13.0. The summed E-state index contributed by atoms with van der Waals surface area (Å²) >= 11 is 6.04. The van der Waals surface area contributed by atoms with Gasteiger partial charge in [0.15, 0.2) is 5.65 Å². The van der Waals surface area contributed by atoms with Crippen molar-refractivity contribution >= 4 is 39.7 Å². The van der Waals surface area contributed by atoms with Gasteiger partial charge in [-0.05, 0) is 54.6 Å². The van der Waals surface area contributed by atoms with Crippen molar-refractivity contribution in [2.45, 2.75) is 0 Å². The molecule has 2 aromatic carbocycles. The number of nitrogens with one attached hydrogen (secondary N) is 1. The fourth-order valence-corrected chi connectivity index (χ4v) is 4.59. The number of pyridine rings is 1. The SMILES string of the molecule is COc1ccc(N2CCN(CCNC(=O)c3cccn4c(=O)c5cc(Cl)ccc5nc34)CC2)cc1. The molecule has 1 aliphatic heterocycles. The van der Waals surface area contributed by atoms with Crippen LogP contribution in [-0.2, 0) is 0 Å². The number of carbonyl (C=O) groups excluding carboxylic acids is 1. The summed E-state index contributed by atoms with van der Waals surface area (Å²) in [6, 6.07) is 16.5. The number of aromatic nitrogens is 2. The van der Waals surface area contributed by atoms with Gasteiger partial charge in [-0.3, -0.25) is 18.9 Å². The van der Waals surface area contributed by atoms with Crippen molar-refractivity contribution in [2.24, 2.45) is 0 Å². The second-order valence-corrected chi connectivity index (χ2v) is 8.91. The third kappa shape index (κ3) is 4.80. The number of halogens is 1. The number of anilines is 1. The van der Waals surface area contributed by atoms with E-state index in [4.69, 9.17) is 16.3 Å². The van der Waals surface area contributed by atoms with Crippen molar-refractivity contribution in [3.8, 4) is 5.75 Å². The van der Waals surface area contributed by atoms with E-state index in [1.807, 2.05) is 12.1 Å². The van der Waals surface area contributed by atoms with Crippen LogP contribution in [0, 0.1) is 0 Å². The molecule has 0 radical (unpaired) electrons. The summed E-state index contributed by atoms with van der Waals surface area (Å²) in [4.78, 5) is 35.1. The highest BCUT2D eigenvalue weighted by atomic mass is 35.5. The minimum atomic E-state index is -0.253. The van der Waals surface area contributed by atoms with Crippen LogP contribution in [0.1, 0.15) is 10.4 Å². The third-order valence-electron chi connectivity index (χ3n) is 6.37. The number of rotatable bonds is 6. The lowest BCUT2D eigenvalue weighted by molar-refractivity contribution is 0.0949. The van der Waals surface area contributed by atoms with Crippen LogP contribution in [0.25, 0.3) is 16.6 Å².